The van der Waals surface area contributed by atoms with Gasteiger partial charge in [-0.1, -0.05) is 0 Å². The molecule has 1 aromatic heterocycles. The fourth-order valence-corrected chi connectivity index (χ4v) is 2.66. The van der Waals surface area contributed by atoms with Crippen molar-refractivity contribution in [3.05, 3.63) is 17.6 Å². The molecule has 2 aliphatic heterocycles. The SMILES string of the molecule is CN1CC[C@@H]1COc1cc(C#N)c(F)nc1OC[C@H]1CCN1C. The number of aromatic nitrogens is 1. The first-order valence-corrected chi connectivity index (χ1v) is 7.85. The molecule has 3 heterocycles. The van der Waals surface area contributed by atoms with E-state index in [0.29, 0.717) is 31.0 Å². The van der Waals surface area contributed by atoms with Crippen LogP contribution in [0.3, 0.4) is 0 Å². The summed E-state index contributed by atoms with van der Waals surface area (Å²) in [5.41, 5.74) is -0.130. The average Bonchev–Trinajstić information content (AvgIpc) is 2.53. The molecule has 23 heavy (non-hydrogen) atoms. The minimum absolute atomic E-state index is 0.128. The Labute approximate surface area is 135 Å². The van der Waals surface area contributed by atoms with Crippen molar-refractivity contribution in [1.82, 2.24) is 14.8 Å². The Balaban J connectivity index is 1.69. The maximum atomic E-state index is 13.8. The lowest BCUT2D eigenvalue weighted by Gasteiger charge is -2.38. The Morgan fingerprint density at radius 1 is 1.22 bits per heavy atom. The highest BCUT2D eigenvalue weighted by atomic mass is 19.1. The topological polar surface area (TPSA) is 61.6 Å². The zero-order valence-corrected chi connectivity index (χ0v) is 13.5. The number of halogens is 1. The molecule has 0 bridgehead atoms. The summed E-state index contributed by atoms with van der Waals surface area (Å²) in [5, 5.41) is 8.97. The van der Waals surface area contributed by atoms with Gasteiger partial charge in [0, 0.05) is 18.2 Å². The molecule has 3 rings (SSSR count). The maximum Gasteiger partial charge on any atom is 0.259 e. The zero-order valence-electron chi connectivity index (χ0n) is 13.5. The van der Waals surface area contributed by atoms with Crippen LogP contribution >= 0.6 is 0 Å². The summed E-state index contributed by atoms with van der Waals surface area (Å²) in [7, 11) is 4.05. The van der Waals surface area contributed by atoms with E-state index in [4.69, 9.17) is 14.7 Å². The summed E-state index contributed by atoms with van der Waals surface area (Å²) in [6.07, 6.45) is 2.12. The third kappa shape index (κ3) is 3.38. The molecule has 0 radical (unpaired) electrons. The van der Waals surface area contributed by atoms with Gasteiger partial charge in [0.25, 0.3) is 5.88 Å². The van der Waals surface area contributed by atoms with Gasteiger partial charge in [-0.3, -0.25) is 9.80 Å². The smallest absolute Gasteiger partial charge is 0.259 e. The van der Waals surface area contributed by atoms with Crippen molar-refractivity contribution in [1.29, 1.82) is 5.26 Å². The van der Waals surface area contributed by atoms with Gasteiger partial charge in [0.2, 0.25) is 5.95 Å². The van der Waals surface area contributed by atoms with Gasteiger partial charge in [0.15, 0.2) is 5.75 Å². The second-order valence-corrected chi connectivity index (χ2v) is 6.21. The maximum absolute atomic E-state index is 13.8. The lowest BCUT2D eigenvalue weighted by Crippen LogP contribution is -2.48. The van der Waals surface area contributed by atoms with Crippen molar-refractivity contribution in [3.63, 3.8) is 0 Å². The van der Waals surface area contributed by atoms with Gasteiger partial charge < -0.3 is 9.47 Å². The van der Waals surface area contributed by atoms with Gasteiger partial charge >= 0.3 is 0 Å². The van der Waals surface area contributed by atoms with E-state index in [0.717, 1.165) is 25.9 Å². The van der Waals surface area contributed by atoms with Crippen LogP contribution < -0.4 is 9.47 Å². The molecule has 0 amide bonds. The fourth-order valence-electron chi connectivity index (χ4n) is 2.66. The predicted octanol–water partition coefficient (Wildman–Crippen LogP) is 1.26. The van der Waals surface area contributed by atoms with E-state index in [1.165, 1.54) is 6.07 Å². The number of likely N-dealkylation sites (N-methyl/N-ethyl adjacent to an activating group) is 2. The number of rotatable bonds is 6. The molecule has 0 spiro atoms. The van der Waals surface area contributed by atoms with E-state index in [9.17, 15) is 4.39 Å². The molecule has 6 nitrogen and oxygen atoms in total. The van der Waals surface area contributed by atoms with Gasteiger partial charge in [0.05, 0.1) is 0 Å². The quantitative estimate of drug-likeness (QED) is 0.736. The molecular formula is C16H21FN4O2. The van der Waals surface area contributed by atoms with Crippen molar-refractivity contribution in [2.24, 2.45) is 0 Å². The molecule has 2 saturated heterocycles. The average molecular weight is 320 g/mol. The predicted molar refractivity (Wildman–Crippen MR) is 82.0 cm³/mol. The number of pyridine rings is 1. The highest BCUT2D eigenvalue weighted by Gasteiger charge is 2.27. The van der Waals surface area contributed by atoms with Crippen LogP contribution in [-0.2, 0) is 0 Å². The molecule has 1 aromatic rings. The second kappa shape index (κ2) is 6.69. The molecule has 2 aliphatic rings. The third-order valence-corrected chi connectivity index (χ3v) is 4.75. The van der Waals surface area contributed by atoms with Crippen LogP contribution in [0.2, 0.25) is 0 Å². The molecule has 0 saturated carbocycles. The van der Waals surface area contributed by atoms with Crippen LogP contribution in [0.1, 0.15) is 18.4 Å². The van der Waals surface area contributed by atoms with Crippen LogP contribution in [0.25, 0.3) is 0 Å². The Hall–Kier alpha value is -1.91. The number of nitriles is 1. The van der Waals surface area contributed by atoms with Crippen molar-refractivity contribution in [2.45, 2.75) is 24.9 Å². The van der Waals surface area contributed by atoms with Crippen LogP contribution in [0.15, 0.2) is 6.07 Å². The molecule has 2 fully saturated rings. The summed E-state index contributed by atoms with van der Waals surface area (Å²) in [5.74, 6) is -0.355. The number of hydrogen-bond donors (Lipinski definition) is 0. The third-order valence-electron chi connectivity index (χ3n) is 4.75. The molecular weight excluding hydrogens is 299 g/mol. The van der Waals surface area contributed by atoms with Crippen molar-refractivity contribution >= 4 is 0 Å². The number of hydrogen-bond acceptors (Lipinski definition) is 6. The van der Waals surface area contributed by atoms with Crippen molar-refractivity contribution < 1.29 is 13.9 Å². The fraction of sp³-hybridized carbons (Fsp3) is 0.625. The number of ether oxygens (including phenoxy) is 2. The molecule has 0 unspecified atom stereocenters. The minimum Gasteiger partial charge on any atom is -0.486 e. The largest absolute Gasteiger partial charge is 0.486 e. The lowest BCUT2D eigenvalue weighted by atomic mass is 10.1. The van der Waals surface area contributed by atoms with Crippen molar-refractivity contribution in [2.75, 3.05) is 40.4 Å². The van der Waals surface area contributed by atoms with Crippen LogP contribution in [-0.4, -0.2) is 67.3 Å². The van der Waals surface area contributed by atoms with E-state index < -0.39 is 5.95 Å². The van der Waals surface area contributed by atoms with E-state index >= 15 is 0 Å². The van der Waals surface area contributed by atoms with E-state index in [2.05, 4.69) is 14.8 Å². The molecule has 0 N–H and O–H groups in total. The molecule has 7 heteroatoms. The standard InChI is InChI=1S/C16H21FN4O2/c1-20-5-3-12(20)9-22-14-7-11(8-18)15(17)19-16(14)23-10-13-4-6-21(13)2/h7,12-13H,3-6,9-10H2,1-2H3/t12-,13-/m1/s1. The highest BCUT2D eigenvalue weighted by Crippen LogP contribution is 2.29. The molecule has 0 aliphatic carbocycles. The van der Waals surface area contributed by atoms with Crippen LogP contribution in [0.4, 0.5) is 4.39 Å². The molecule has 124 valence electrons. The Morgan fingerprint density at radius 2 is 1.83 bits per heavy atom. The Morgan fingerprint density at radius 3 is 2.30 bits per heavy atom. The number of nitrogens with zero attached hydrogens (tertiary/aromatic N) is 4. The van der Waals surface area contributed by atoms with Crippen molar-refractivity contribution in [3.8, 4) is 17.7 Å². The first-order chi connectivity index (χ1) is 11.1. The normalized spacial score (nSPS) is 24.4. The summed E-state index contributed by atoms with van der Waals surface area (Å²) in [6, 6.07) is 3.83. The zero-order chi connectivity index (χ0) is 16.4. The first kappa shape index (κ1) is 16.0. The Bertz CT molecular complexity index is 619. The van der Waals surface area contributed by atoms with E-state index in [1.54, 1.807) is 6.07 Å². The summed E-state index contributed by atoms with van der Waals surface area (Å²) < 4.78 is 25.2. The van der Waals surface area contributed by atoms with Gasteiger partial charge in [0.1, 0.15) is 24.8 Å². The van der Waals surface area contributed by atoms with E-state index in [1.807, 2.05) is 14.1 Å². The first-order valence-electron chi connectivity index (χ1n) is 7.85. The Kier molecular flexibility index (Phi) is 4.64. The van der Waals surface area contributed by atoms with E-state index in [-0.39, 0.29) is 11.4 Å². The van der Waals surface area contributed by atoms with Gasteiger partial charge in [-0.05, 0) is 40.0 Å². The minimum atomic E-state index is -0.822. The van der Waals surface area contributed by atoms with Gasteiger partial charge in [-0.2, -0.15) is 14.6 Å². The van der Waals surface area contributed by atoms with Crippen LogP contribution in [0.5, 0.6) is 11.6 Å². The molecule has 2 atom stereocenters. The summed E-state index contributed by atoms with van der Waals surface area (Å²) in [6.45, 7) is 3.01. The van der Waals surface area contributed by atoms with Crippen LogP contribution in [0, 0.1) is 17.3 Å². The lowest BCUT2D eigenvalue weighted by molar-refractivity contribution is 0.0642. The number of likely N-dealkylation sites (tertiary alicyclic amines) is 2. The summed E-state index contributed by atoms with van der Waals surface area (Å²) >= 11 is 0. The second-order valence-electron chi connectivity index (χ2n) is 6.21. The van der Waals surface area contributed by atoms with Gasteiger partial charge in [-0.15, -0.1) is 0 Å². The van der Waals surface area contributed by atoms with Gasteiger partial charge in [-0.25, -0.2) is 0 Å². The molecule has 0 aromatic carbocycles. The highest BCUT2D eigenvalue weighted by molar-refractivity contribution is 5.42. The monoisotopic (exact) mass is 320 g/mol. The summed E-state index contributed by atoms with van der Waals surface area (Å²) in [4.78, 5) is 8.13.